The third kappa shape index (κ3) is 1.91. The lowest BCUT2D eigenvalue weighted by Crippen LogP contribution is -1.86. The highest BCUT2D eigenvalue weighted by Gasteiger charge is 2.06. The van der Waals surface area contributed by atoms with Crippen molar-refractivity contribution in [3.63, 3.8) is 0 Å². The first-order chi connectivity index (χ1) is 7.58. The van der Waals surface area contributed by atoms with Gasteiger partial charge in [0.15, 0.2) is 0 Å². The minimum Gasteiger partial charge on any atom is -0.507 e. The molecule has 2 aromatic carbocycles. The molecule has 0 aliphatic heterocycles. The Hall–Kier alpha value is -1.83. The Kier molecular flexibility index (Phi) is 2.65. The van der Waals surface area contributed by atoms with Crippen LogP contribution in [0.15, 0.2) is 36.4 Å². The molecule has 2 aromatic rings. The van der Waals surface area contributed by atoms with E-state index in [2.05, 4.69) is 0 Å². The Bertz CT molecular complexity index is 532. The fraction of sp³-hybridized carbons (Fsp3) is 0.143. The highest BCUT2D eigenvalue weighted by Crippen LogP contribution is 2.30. The Morgan fingerprint density at radius 1 is 1.00 bits per heavy atom. The van der Waals surface area contributed by atoms with Crippen molar-refractivity contribution >= 4 is 0 Å². The van der Waals surface area contributed by atoms with Crippen LogP contribution in [0.2, 0.25) is 0 Å². The van der Waals surface area contributed by atoms with E-state index >= 15 is 0 Å². The van der Waals surface area contributed by atoms with Gasteiger partial charge in [-0.1, -0.05) is 23.8 Å². The van der Waals surface area contributed by atoms with Crippen molar-refractivity contribution in [2.75, 3.05) is 0 Å². The molecule has 0 heterocycles. The van der Waals surface area contributed by atoms with Gasteiger partial charge in [-0.05, 0) is 43.2 Å². The zero-order valence-electron chi connectivity index (χ0n) is 9.29. The summed E-state index contributed by atoms with van der Waals surface area (Å²) in [6.45, 7) is 3.66. The summed E-state index contributed by atoms with van der Waals surface area (Å²) in [6.07, 6.45) is 0. The van der Waals surface area contributed by atoms with E-state index in [-0.39, 0.29) is 11.6 Å². The second-order valence-electron chi connectivity index (χ2n) is 3.98. The van der Waals surface area contributed by atoms with Crippen LogP contribution in [0.5, 0.6) is 5.75 Å². The van der Waals surface area contributed by atoms with E-state index in [1.165, 1.54) is 6.07 Å². The molecule has 0 saturated carbocycles. The number of phenolic OH excluding ortho intramolecular Hbond substituents is 1. The smallest absolute Gasteiger partial charge is 0.126 e. The summed E-state index contributed by atoms with van der Waals surface area (Å²) in [5, 5.41) is 9.73. The Labute approximate surface area is 94.2 Å². The normalized spacial score (nSPS) is 10.4. The molecule has 0 fully saturated rings. The molecule has 2 rings (SSSR count). The van der Waals surface area contributed by atoms with Crippen molar-refractivity contribution in [1.82, 2.24) is 0 Å². The number of phenols is 1. The van der Waals surface area contributed by atoms with Gasteiger partial charge in [0.25, 0.3) is 0 Å². The van der Waals surface area contributed by atoms with Crippen molar-refractivity contribution in [2.24, 2.45) is 0 Å². The van der Waals surface area contributed by atoms with Crippen LogP contribution in [0.4, 0.5) is 4.39 Å². The second-order valence-corrected chi connectivity index (χ2v) is 3.98. The van der Waals surface area contributed by atoms with Gasteiger partial charge in [-0.2, -0.15) is 0 Å². The molecule has 1 nitrogen and oxygen atoms in total. The second kappa shape index (κ2) is 3.97. The first-order valence-electron chi connectivity index (χ1n) is 5.14. The van der Waals surface area contributed by atoms with Crippen molar-refractivity contribution in [2.45, 2.75) is 13.8 Å². The highest BCUT2D eigenvalue weighted by atomic mass is 19.1. The van der Waals surface area contributed by atoms with Crippen LogP contribution in [0.25, 0.3) is 11.1 Å². The van der Waals surface area contributed by atoms with Gasteiger partial charge in [0.1, 0.15) is 11.6 Å². The summed E-state index contributed by atoms with van der Waals surface area (Å²) < 4.78 is 13.4. The SMILES string of the molecule is Cc1ccc(O)c(-c2ccc(C)c(F)c2)c1. The predicted molar refractivity (Wildman–Crippen MR) is 63.0 cm³/mol. The van der Waals surface area contributed by atoms with Crippen LogP contribution in [-0.4, -0.2) is 5.11 Å². The minimum atomic E-state index is -0.251. The topological polar surface area (TPSA) is 20.2 Å². The lowest BCUT2D eigenvalue weighted by atomic mass is 10.0. The third-order valence-electron chi connectivity index (χ3n) is 2.63. The average Bonchev–Trinajstić information content (AvgIpc) is 2.26. The van der Waals surface area contributed by atoms with Crippen molar-refractivity contribution in [1.29, 1.82) is 0 Å². The van der Waals surface area contributed by atoms with E-state index < -0.39 is 0 Å². The molecule has 0 saturated heterocycles. The number of hydrogen-bond donors (Lipinski definition) is 1. The van der Waals surface area contributed by atoms with Gasteiger partial charge in [-0.15, -0.1) is 0 Å². The van der Waals surface area contributed by atoms with Gasteiger partial charge in [0.05, 0.1) is 0 Å². The van der Waals surface area contributed by atoms with E-state index in [4.69, 9.17) is 0 Å². The van der Waals surface area contributed by atoms with E-state index in [0.29, 0.717) is 16.7 Å². The summed E-state index contributed by atoms with van der Waals surface area (Å²) >= 11 is 0. The first kappa shape index (κ1) is 10.7. The van der Waals surface area contributed by atoms with Gasteiger partial charge < -0.3 is 5.11 Å². The van der Waals surface area contributed by atoms with Crippen LogP contribution in [-0.2, 0) is 0 Å². The molecule has 0 spiro atoms. The lowest BCUT2D eigenvalue weighted by Gasteiger charge is -2.07. The first-order valence-corrected chi connectivity index (χ1v) is 5.14. The molecule has 0 aliphatic carbocycles. The van der Waals surface area contributed by atoms with Gasteiger partial charge in [-0.3, -0.25) is 0 Å². The number of benzene rings is 2. The number of aromatic hydroxyl groups is 1. The van der Waals surface area contributed by atoms with Crippen LogP contribution in [0.1, 0.15) is 11.1 Å². The van der Waals surface area contributed by atoms with Crippen LogP contribution in [0.3, 0.4) is 0 Å². The van der Waals surface area contributed by atoms with Crippen LogP contribution in [0, 0.1) is 19.7 Å². The quantitative estimate of drug-likeness (QED) is 0.768. The number of aryl methyl sites for hydroxylation is 2. The van der Waals surface area contributed by atoms with Crippen molar-refractivity contribution in [3.8, 4) is 16.9 Å². The standard InChI is InChI=1S/C14H13FO/c1-9-3-6-14(16)12(7-9)11-5-4-10(2)13(15)8-11/h3-8,16H,1-2H3. The van der Waals surface area contributed by atoms with E-state index in [1.807, 2.05) is 25.1 Å². The van der Waals surface area contributed by atoms with Crippen molar-refractivity contribution < 1.29 is 9.50 Å². The van der Waals surface area contributed by atoms with Crippen LogP contribution < -0.4 is 0 Å². The molecule has 0 bridgehead atoms. The molecule has 0 unspecified atom stereocenters. The monoisotopic (exact) mass is 216 g/mol. The zero-order valence-corrected chi connectivity index (χ0v) is 9.29. The zero-order chi connectivity index (χ0) is 11.7. The summed E-state index contributed by atoms with van der Waals surface area (Å²) in [4.78, 5) is 0. The molecule has 82 valence electrons. The molecular formula is C14H13FO. The highest BCUT2D eigenvalue weighted by molar-refractivity contribution is 5.71. The molecule has 0 atom stereocenters. The molecule has 0 aliphatic rings. The van der Waals surface area contributed by atoms with Gasteiger partial charge >= 0.3 is 0 Å². The maximum Gasteiger partial charge on any atom is 0.126 e. The fourth-order valence-electron chi connectivity index (χ4n) is 1.64. The molecule has 0 amide bonds. The molecule has 2 heteroatoms. The number of halogens is 1. The lowest BCUT2D eigenvalue weighted by molar-refractivity contribution is 0.477. The van der Waals surface area contributed by atoms with Crippen molar-refractivity contribution in [3.05, 3.63) is 53.3 Å². The summed E-state index contributed by atoms with van der Waals surface area (Å²) in [6, 6.07) is 10.3. The van der Waals surface area contributed by atoms with Gasteiger partial charge in [0, 0.05) is 5.56 Å². The largest absolute Gasteiger partial charge is 0.507 e. The predicted octanol–water partition coefficient (Wildman–Crippen LogP) is 3.82. The van der Waals surface area contributed by atoms with E-state index in [1.54, 1.807) is 19.1 Å². The fourth-order valence-corrected chi connectivity index (χ4v) is 1.64. The summed E-state index contributed by atoms with van der Waals surface area (Å²) in [7, 11) is 0. The molecule has 0 radical (unpaired) electrons. The van der Waals surface area contributed by atoms with Gasteiger partial charge in [-0.25, -0.2) is 4.39 Å². The molecular weight excluding hydrogens is 203 g/mol. The van der Waals surface area contributed by atoms with Crippen LogP contribution >= 0.6 is 0 Å². The molecule has 0 aromatic heterocycles. The number of rotatable bonds is 1. The Balaban J connectivity index is 2.58. The summed E-state index contributed by atoms with van der Waals surface area (Å²) in [5.74, 6) is -0.0766. The number of hydrogen-bond acceptors (Lipinski definition) is 1. The molecule has 1 N–H and O–H groups in total. The minimum absolute atomic E-state index is 0.175. The van der Waals surface area contributed by atoms with Gasteiger partial charge in [0.2, 0.25) is 0 Å². The molecule has 16 heavy (non-hydrogen) atoms. The van der Waals surface area contributed by atoms with E-state index in [9.17, 15) is 9.50 Å². The average molecular weight is 216 g/mol. The maximum absolute atomic E-state index is 13.4. The summed E-state index contributed by atoms with van der Waals surface area (Å²) in [5.41, 5.74) is 3.01. The maximum atomic E-state index is 13.4. The Morgan fingerprint density at radius 3 is 2.44 bits per heavy atom. The third-order valence-corrected chi connectivity index (χ3v) is 2.63. The Morgan fingerprint density at radius 2 is 1.75 bits per heavy atom. The van der Waals surface area contributed by atoms with E-state index in [0.717, 1.165) is 5.56 Å².